The van der Waals surface area contributed by atoms with E-state index in [0.29, 0.717) is 0 Å². The number of nitrogens with zero attached hydrogens (tertiary/aromatic N) is 1. The van der Waals surface area contributed by atoms with Crippen LogP contribution in [-0.4, -0.2) is 9.97 Å². The van der Waals surface area contributed by atoms with E-state index in [0.717, 1.165) is 48.1 Å². The van der Waals surface area contributed by atoms with Crippen molar-refractivity contribution in [2.24, 2.45) is 0 Å². The van der Waals surface area contributed by atoms with Gasteiger partial charge in [0.2, 0.25) is 0 Å². The number of thiophene rings is 1. The summed E-state index contributed by atoms with van der Waals surface area (Å²) >= 11 is 1.73. The normalized spacial score (nSPS) is 14.9. The molecule has 1 aliphatic rings. The fourth-order valence-electron chi connectivity index (χ4n) is 2.67. The van der Waals surface area contributed by atoms with E-state index in [1.54, 1.807) is 11.3 Å². The molecule has 0 saturated heterocycles. The molecule has 3 rings (SSSR count). The van der Waals surface area contributed by atoms with Gasteiger partial charge in [-0.05, 0) is 37.7 Å². The van der Waals surface area contributed by atoms with E-state index in [9.17, 15) is 4.79 Å². The van der Waals surface area contributed by atoms with Crippen molar-refractivity contribution in [3.05, 3.63) is 26.6 Å². The van der Waals surface area contributed by atoms with Gasteiger partial charge in [0.25, 0.3) is 5.56 Å². The molecule has 2 heterocycles. The van der Waals surface area contributed by atoms with Gasteiger partial charge in [-0.3, -0.25) is 4.79 Å². The Morgan fingerprint density at radius 1 is 1.33 bits per heavy atom. The molecule has 0 bridgehead atoms. The molecule has 0 fully saturated rings. The average Bonchev–Trinajstić information content (AvgIpc) is 2.74. The number of unbranched alkanes of at least 4 members (excludes halogenated alkanes) is 1. The Bertz CT molecular complexity index is 626. The SMILES string of the molecule is CCCCc1nc2sc3c(c2c(=O)[nH]1)CCCC3. The summed E-state index contributed by atoms with van der Waals surface area (Å²) in [5.41, 5.74) is 1.35. The second-order valence-electron chi connectivity index (χ2n) is 5.01. The molecule has 2 aromatic heterocycles. The lowest BCUT2D eigenvalue weighted by Crippen LogP contribution is -2.13. The van der Waals surface area contributed by atoms with Gasteiger partial charge in [0.05, 0.1) is 5.39 Å². The summed E-state index contributed by atoms with van der Waals surface area (Å²) in [4.78, 5) is 22.2. The highest BCUT2D eigenvalue weighted by Crippen LogP contribution is 2.33. The molecule has 96 valence electrons. The van der Waals surface area contributed by atoms with Crippen molar-refractivity contribution < 1.29 is 0 Å². The number of hydrogen-bond donors (Lipinski definition) is 1. The third-order valence-corrected chi connectivity index (χ3v) is 4.83. The van der Waals surface area contributed by atoms with Gasteiger partial charge in [0.15, 0.2) is 0 Å². The molecule has 0 aliphatic heterocycles. The van der Waals surface area contributed by atoms with Crippen LogP contribution in [0.15, 0.2) is 4.79 Å². The van der Waals surface area contributed by atoms with Crippen LogP contribution in [0.3, 0.4) is 0 Å². The largest absolute Gasteiger partial charge is 0.310 e. The highest BCUT2D eigenvalue weighted by Gasteiger charge is 2.19. The zero-order valence-corrected chi connectivity index (χ0v) is 11.5. The van der Waals surface area contributed by atoms with Gasteiger partial charge in [-0.15, -0.1) is 11.3 Å². The third kappa shape index (κ3) is 1.99. The molecular weight excluding hydrogens is 244 g/mol. The summed E-state index contributed by atoms with van der Waals surface area (Å²) < 4.78 is 0. The number of fused-ring (bicyclic) bond motifs is 3. The van der Waals surface area contributed by atoms with Crippen molar-refractivity contribution in [1.82, 2.24) is 9.97 Å². The van der Waals surface area contributed by atoms with Crippen LogP contribution in [0.5, 0.6) is 0 Å². The first kappa shape index (κ1) is 11.9. The van der Waals surface area contributed by atoms with E-state index in [1.807, 2.05) is 0 Å². The molecule has 1 N–H and O–H groups in total. The number of aryl methyl sites for hydroxylation is 3. The Hall–Kier alpha value is -1.16. The lowest BCUT2D eigenvalue weighted by Gasteiger charge is -2.09. The summed E-state index contributed by atoms with van der Waals surface area (Å²) in [6.45, 7) is 2.15. The highest BCUT2D eigenvalue weighted by atomic mass is 32.1. The van der Waals surface area contributed by atoms with Crippen LogP contribution in [0.4, 0.5) is 0 Å². The van der Waals surface area contributed by atoms with Crippen molar-refractivity contribution in [1.29, 1.82) is 0 Å². The van der Waals surface area contributed by atoms with Gasteiger partial charge < -0.3 is 4.98 Å². The molecule has 0 aromatic carbocycles. The van der Waals surface area contributed by atoms with Gasteiger partial charge in [0, 0.05) is 11.3 Å². The number of nitrogens with one attached hydrogen (secondary N) is 1. The summed E-state index contributed by atoms with van der Waals surface area (Å²) in [5.74, 6) is 0.855. The topological polar surface area (TPSA) is 45.8 Å². The fraction of sp³-hybridized carbons (Fsp3) is 0.571. The monoisotopic (exact) mass is 262 g/mol. The smallest absolute Gasteiger partial charge is 0.259 e. The van der Waals surface area contributed by atoms with E-state index >= 15 is 0 Å². The Kier molecular flexibility index (Phi) is 3.20. The van der Waals surface area contributed by atoms with Crippen LogP contribution >= 0.6 is 11.3 Å². The molecule has 0 saturated carbocycles. The molecule has 4 heteroatoms. The van der Waals surface area contributed by atoms with Crippen LogP contribution < -0.4 is 5.56 Å². The van der Waals surface area contributed by atoms with Crippen molar-refractivity contribution in [3.63, 3.8) is 0 Å². The minimum Gasteiger partial charge on any atom is -0.310 e. The average molecular weight is 262 g/mol. The molecule has 0 amide bonds. The van der Waals surface area contributed by atoms with E-state index in [4.69, 9.17) is 0 Å². The number of rotatable bonds is 3. The van der Waals surface area contributed by atoms with Crippen LogP contribution in [0.25, 0.3) is 10.2 Å². The first-order valence-electron chi connectivity index (χ1n) is 6.83. The second kappa shape index (κ2) is 4.84. The first-order chi connectivity index (χ1) is 8.79. The van der Waals surface area contributed by atoms with Crippen molar-refractivity contribution in [2.75, 3.05) is 0 Å². The van der Waals surface area contributed by atoms with Gasteiger partial charge >= 0.3 is 0 Å². The quantitative estimate of drug-likeness (QED) is 0.923. The standard InChI is InChI=1S/C14H18N2OS/c1-2-3-8-11-15-13(17)12-9-6-4-5-7-10(9)18-14(12)16-11/h2-8H2,1H3,(H,15,16,17). The van der Waals surface area contributed by atoms with E-state index in [-0.39, 0.29) is 5.56 Å². The first-order valence-corrected chi connectivity index (χ1v) is 7.64. The van der Waals surface area contributed by atoms with E-state index < -0.39 is 0 Å². The summed E-state index contributed by atoms with van der Waals surface area (Å²) in [6.07, 6.45) is 7.72. The molecule has 18 heavy (non-hydrogen) atoms. The van der Waals surface area contributed by atoms with Crippen LogP contribution in [0, 0.1) is 0 Å². The third-order valence-electron chi connectivity index (χ3n) is 3.64. The maximum atomic E-state index is 12.2. The predicted octanol–water partition coefficient (Wildman–Crippen LogP) is 3.21. The Morgan fingerprint density at radius 2 is 2.17 bits per heavy atom. The molecule has 0 radical (unpaired) electrons. The van der Waals surface area contributed by atoms with E-state index in [2.05, 4.69) is 16.9 Å². The predicted molar refractivity (Wildman–Crippen MR) is 75.5 cm³/mol. The van der Waals surface area contributed by atoms with Gasteiger partial charge in [-0.1, -0.05) is 13.3 Å². The lowest BCUT2D eigenvalue weighted by molar-refractivity contribution is 0.699. The number of aromatic nitrogens is 2. The zero-order chi connectivity index (χ0) is 12.5. The van der Waals surface area contributed by atoms with Gasteiger partial charge in [-0.25, -0.2) is 4.98 Å². The summed E-state index contributed by atoms with van der Waals surface area (Å²) in [6, 6.07) is 0. The van der Waals surface area contributed by atoms with E-state index in [1.165, 1.54) is 23.3 Å². The molecule has 0 spiro atoms. The highest BCUT2D eigenvalue weighted by molar-refractivity contribution is 7.18. The van der Waals surface area contributed by atoms with Crippen LogP contribution in [0.2, 0.25) is 0 Å². The number of aromatic amines is 1. The number of H-pyrrole nitrogens is 1. The minimum absolute atomic E-state index is 0.0745. The van der Waals surface area contributed by atoms with Crippen molar-refractivity contribution in [3.8, 4) is 0 Å². The summed E-state index contributed by atoms with van der Waals surface area (Å²) in [5, 5.41) is 0.870. The number of hydrogen-bond acceptors (Lipinski definition) is 3. The fourth-order valence-corrected chi connectivity index (χ4v) is 3.95. The molecule has 1 aliphatic carbocycles. The van der Waals surface area contributed by atoms with Gasteiger partial charge in [0.1, 0.15) is 10.7 Å². The summed E-state index contributed by atoms with van der Waals surface area (Å²) in [7, 11) is 0. The maximum Gasteiger partial charge on any atom is 0.259 e. The van der Waals surface area contributed by atoms with Crippen LogP contribution in [-0.2, 0) is 19.3 Å². The van der Waals surface area contributed by atoms with Crippen LogP contribution in [0.1, 0.15) is 48.9 Å². The Labute approximate surface area is 110 Å². The van der Waals surface area contributed by atoms with Crippen molar-refractivity contribution in [2.45, 2.75) is 51.9 Å². The molecule has 0 atom stereocenters. The molecule has 0 unspecified atom stereocenters. The maximum absolute atomic E-state index is 12.2. The molecule has 3 nitrogen and oxygen atoms in total. The Balaban J connectivity index is 2.11. The molecule has 2 aromatic rings. The molecular formula is C14H18N2OS. The minimum atomic E-state index is 0.0745. The Morgan fingerprint density at radius 3 is 3.00 bits per heavy atom. The van der Waals surface area contributed by atoms with Crippen molar-refractivity contribution >= 4 is 21.6 Å². The van der Waals surface area contributed by atoms with Gasteiger partial charge in [-0.2, -0.15) is 0 Å². The zero-order valence-electron chi connectivity index (χ0n) is 10.7. The lowest BCUT2D eigenvalue weighted by atomic mass is 9.97. The second-order valence-corrected chi connectivity index (χ2v) is 6.09.